The van der Waals surface area contributed by atoms with Gasteiger partial charge in [-0.25, -0.2) is 4.68 Å². The van der Waals surface area contributed by atoms with Gasteiger partial charge in [0.15, 0.2) is 0 Å². The molecular weight excluding hydrogens is 470 g/mol. The first kappa shape index (κ1) is 24.2. The van der Waals surface area contributed by atoms with Crippen molar-refractivity contribution in [1.29, 1.82) is 0 Å². The van der Waals surface area contributed by atoms with E-state index >= 15 is 0 Å². The summed E-state index contributed by atoms with van der Waals surface area (Å²) in [7, 11) is 0. The van der Waals surface area contributed by atoms with Gasteiger partial charge in [-0.15, -0.1) is 16.4 Å². The maximum atomic E-state index is 13.9. The summed E-state index contributed by atoms with van der Waals surface area (Å²) in [6.45, 7) is 0.448. The fourth-order valence-corrected chi connectivity index (χ4v) is 5.78. The first-order valence-corrected chi connectivity index (χ1v) is 13.5. The molecule has 4 aromatic rings. The van der Waals surface area contributed by atoms with Crippen molar-refractivity contribution in [3.63, 3.8) is 0 Å². The molecule has 1 aliphatic carbocycles. The van der Waals surface area contributed by atoms with Gasteiger partial charge in [0.25, 0.3) is 0 Å². The van der Waals surface area contributed by atoms with Gasteiger partial charge in [0.2, 0.25) is 11.8 Å². The van der Waals surface area contributed by atoms with Crippen LogP contribution in [0.25, 0.3) is 11.0 Å². The molecule has 1 atom stereocenters. The molecule has 2 heterocycles. The zero-order chi connectivity index (χ0) is 24.7. The van der Waals surface area contributed by atoms with E-state index in [-0.39, 0.29) is 24.4 Å². The monoisotopic (exact) mass is 501 g/mol. The molecule has 8 heteroatoms. The highest BCUT2D eigenvalue weighted by atomic mass is 32.1. The van der Waals surface area contributed by atoms with Crippen LogP contribution in [0.4, 0.5) is 0 Å². The number of fused-ring (bicyclic) bond motifs is 1. The van der Waals surface area contributed by atoms with Crippen LogP contribution in [-0.4, -0.2) is 44.3 Å². The molecule has 1 fully saturated rings. The highest BCUT2D eigenvalue weighted by Crippen LogP contribution is 2.28. The third kappa shape index (κ3) is 5.65. The summed E-state index contributed by atoms with van der Waals surface area (Å²) in [5.41, 5.74) is 2.67. The van der Waals surface area contributed by atoms with Crippen LogP contribution in [0.15, 0.2) is 72.1 Å². The fourth-order valence-electron chi connectivity index (χ4n) is 4.94. The molecule has 0 aliphatic heterocycles. The number of carbonyl (C=O) groups is 2. The number of rotatable bonds is 9. The number of para-hydroxylation sites is 1. The van der Waals surface area contributed by atoms with Gasteiger partial charge < -0.3 is 10.2 Å². The Kier molecular flexibility index (Phi) is 7.71. The summed E-state index contributed by atoms with van der Waals surface area (Å²) in [6, 6.07) is 21.0. The topological polar surface area (TPSA) is 80.1 Å². The minimum absolute atomic E-state index is 0.0217. The Morgan fingerprint density at radius 2 is 1.78 bits per heavy atom. The number of hydrogen-bond donors (Lipinski definition) is 1. The first-order chi connectivity index (χ1) is 17.7. The molecule has 0 bridgehead atoms. The average Bonchev–Trinajstić information content (AvgIpc) is 3.58. The summed E-state index contributed by atoms with van der Waals surface area (Å²) in [5.74, 6) is -0.256. The lowest BCUT2D eigenvalue weighted by Crippen LogP contribution is -2.48. The molecule has 1 aliphatic rings. The summed E-state index contributed by atoms with van der Waals surface area (Å²) in [4.78, 5) is 30.2. The Morgan fingerprint density at radius 1 is 1.00 bits per heavy atom. The van der Waals surface area contributed by atoms with Crippen LogP contribution in [0.1, 0.15) is 48.6 Å². The van der Waals surface area contributed by atoms with Crippen LogP contribution < -0.4 is 5.32 Å². The van der Waals surface area contributed by atoms with Crippen molar-refractivity contribution in [1.82, 2.24) is 25.2 Å². The number of benzene rings is 2. The maximum absolute atomic E-state index is 13.9. The van der Waals surface area contributed by atoms with Crippen molar-refractivity contribution in [2.75, 3.05) is 6.54 Å². The molecule has 5 rings (SSSR count). The quantitative estimate of drug-likeness (QED) is 0.359. The predicted molar refractivity (Wildman–Crippen MR) is 141 cm³/mol. The summed E-state index contributed by atoms with van der Waals surface area (Å²) >= 11 is 1.51. The number of amides is 2. The second kappa shape index (κ2) is 11.5. The van der Waals surface area contributed by atoms with Gasteiger partial charge in [0.05, 0.1) is 5.52 Å². The standard InChI is InChI=1S/C28H31N5O2S/c34-26(20-33-24-15-8-7-14-23(24)30-31-33)32(18-17-21-10-3-1-4-11-21)27(25-16-9-19-36-25)28(35)29-22-12-5-2-6-13-22/h1,3-4,7-11,14-16,19,22,27H,2,5-6,12-13,17-18,20H2,(H,29,35)/t27-/m0/s1. The molecule has 0 radical (unpaired) electrons. The minimum atomic E-state index is -0.682. The van der Waals surface area contributed by atoms with E-state index in [1.54, 1.807) is 9.58 Å². The molecule has 2 aromatic carbocycles. The molecule has 1 N–H and O–H groups in total. The van der Waals surface area contributed by atoms with Crippen LogP contribution in [0.3, 0.4) is 0 Å². The summed E-state index contributed by atoms with van der Waals surface area (Å²) < 4.78 is 1.62. The van der Waals surface area contributed by atoms with E-state index < -0.39 is 6.04 Å². The predicted octanol–water partition coefficient (Wildman–Crippen LogP) is 4.75. The van der Waals surface area contributed by atoms with Crippen molar-refractivity contribution < 1.29 is 9.59 Å². The Labute approximate surface area is 215 Å². The Bertz CT molecular complexity index is 1280. The average molecular weight is 502 g/mol. The normalized spacial score (nSPS) is 15.0. The van der Waals surface area contributed by atoms with Crippen LogP contribution in [-0.2, 0) is 22.6 Å². The molecule has 1 saturated carbocycles. The molecule has 0 unspecified atom stereocenters. The van der Waals surface area contributed by atoms with Crippen LogP contribution >= 0.6 is 11.3 Å². The van der Waals surface area contributed by atoms with Crippen LogP contribution in [0.2, 0.25) is 0 Å². The lowest BCUT2D eigenvalue weighted by Gasteiger charge is -2.32. The Morgan fingerprint density at radius 3 is 2.56 bits per heavy atom. The van der Waals surface area contributed by atoms with Crippen molar-refractivity contribution in [3.8, 4) is 0 Å². The van der Waals surface area contributed by atoms with E-state index in [2.05, 4.69) is 27.8 Å². The lowest BCUT2D eigenvalue weighted by molar-refractivity contribution is -0.141. The second-order valence-electron chi connectivity index (χ2n) is 9.32. The number of nitrogens with zero attached hydrogens (tertiary/aromatic N) is 4. The van der Waals surface area contributed by atoms with Crippen LogP contribution in [0.5, 0.6) is 0 Å². The fraction of sp³-hybridized carbons (Fsp3) is 0.357. The van der Waals surface area contributed by atoms with Gasteiger partial charge in [-0.05, 0) is 48.4 Å². The lowest BCUT2D eigenvalue weighted by atomic mass is 9.95. The van der Waals surface area contributed by atoms with Gasteiger partial charge in [-0.2, -0.15) is 0 Å². The number of thiophene rings is 1. The number of aromatic nitrogens is 3. The second-order valence-corrected chi connectivity index (χ2v) is 10.3. The van der Waals surface area contributed by atoms with E-state index in [9.17, 15) is 9.59 Å². The smallest absolute Gasteiger partial charge is 0.248 e. The molecule has 2 amide bonds. The van der Waals surface area contributed by atoms with E-state index in [0.29, 0.717) is 13.0 Å². The molecule has 0 saturated heterocycles. The SMILES string of the molecule is O=C(NC1CCCCC1)[C@H](c1cccs1)N(CCc1ccccc1)C(=O)Cn1nnc2ccccc21. The van der Waals surface area contributed by atoms with Gasteiger partial charge in [-0.3, -0.25) is 9.59 Å². The third-order valence-electron chi connectivity index (χ3n) is 6.83. The first-order valence-electron chi connectivity index (χ1n) is 12.6. The largest absolute Gasteiger partial charge is 0.351 e. The van der Waals surface area contributed by atoms with Crippen molar-refractivity contribution in [2.45, 2.75) is 57.2 Å². The highest BCUT2D eigenvalue weighted by molar-refractivity contribution is 7.10. The van der Waals surface area contributed by atoms with Crippen molar-refractivity contribution in [3.05, 3.63) is 82.6 Å². The highest BCUT2D eigenvalue weighted by Gasteiger charge is 2.33. The van der Waals surface area contributed by atoms with Crippen molar-refractivity contribution >= 4 is 34.2 Å². The maximum Gasteiger partial charge on any atom is 0.248 e. The molecule has 36 heavy (non-hydrogen) atoms. The van der Waals surface area contributed by atoms with E-state index in [1.807, 2.05) is 60.0 Å². The third-order valence-corrected chi connectivity index (χ3v) is 7.76. The van der Waals surface area contributed by atoms with Gasteiger partial charge in [-0.1, -0.05) is 73.0 Å². The Hall–Kier alpha value is -3.52. The van der Waals surface area contributed by atoms with Gasteiger partial charge in [0, 0.05) is 17.5 Å². The number of nitrogens with one attached hydrogen (secondary N) is 1. The van der Waals surface area contributed by atoms with E-state index in [1.165, 1.54) is 17.8 Å². The van der Waals surface area contributed by atoms with Gasteiger partial charge in [0.1, 0.15) is 18.1 Å². The van der Waals surface area contributed by atoms with Gasteiger partial charge >= 0.3 is 0 Å². The van der Waals surface area contributed by atoms with E-state index in [4.69, 9.17) is 0 Å². The molecular formula is C28H31N5O2S. The molecule has 0 spiro atoms. The molecule has 186 valence electrons. The molecule has 2 aromatic heterocycles. The number of hydrogen-bond acceptors (Lipinski definition) is 5. The summed E-state index contributed by atoms with van der Waals surface area (Å²) in [5, 5.41) is 13.6. The zero-order valence-corrected chi connectivity index (χ0v) is 21.1. The van der Waals surface area contributed by atoms with Crippen molar-refractivity contribution in [2.24, 2.45) is 0 Å². The number of carbonyl (C=O) groups excluding carboxylic acids is 2. The van der Waals surface area contributed by atoms with Crippen LogP contribution in [0, 0.1) is 0 Å². The Balaban J connectivity index is 1.44. The zero-order valence-electron chi connectivity index (χ0n) is 20.3. The summed E-state index contributed by atoms with van der Waals surface area (Å²) in [6.07, 6.45) is 6.12. The minimum Gasteiger partial charge on any atom is -0.351 e. The molecule has 7 nitrogen and oxygen atoms in total. The van der Waals surface area contributed by atoms with E-state index in [0.717, 1.165) is 47.2 Å².